The van der Waals surface area contributed by atoms with Crippen molar-refractivity contribution in [3.63, 3.8) is 0 Å². The van der Waals surface area contributed by atoms with Crippen molar-refractivity contribution < 1.29 is 14.0 Å². The first-order chi connectivity index (χ1) is 8.60. The second-order valence-corrected chi connectivity index (χ2v) is 4.37. The maximum Gasteiger partial charge on any atom is 0.226 e. The molecule has 2 N–H and O–H groups in total. The van der Waals surface area contributed by atoms with Crippen LogP contribution in [0.15, 0.2) is 4.52 Å². The summed E-state index contributed by atoms with van der Waals surface area (Å²) in [6, 6.07) is 0. The van der Waals surface area contributed by atoms with E-state index < -0.39 is 5.54 Å². The molecule has 0 aromatic carbocycles. The standard InChI is InChI=1S/C12H23N3O3/c1-4-16-8-6-7-10-14-11(15-18-10)12(3,13)9-17-5-2/h4-9,13H2,1-3H3. The summed E-state index contributed by atoms with van der Waals surface area (Å²) in [5, 5.41) is 3.91. The minimum Gasteiger partial charge on any atom is -0.382 e. The number of hydrogen-bond donors (Lipinski definition) is 1. The quantitative estimate of drug-likeness (QED) is 0.670. The molecule has 0 aliphatic heterocycles. The number of aromatic nitrogens is 2. The minimum atomic E-state index is -0.711. The van der Waals surface area contributed by atoms with Crippen LogP contribution in [0.5, 0.6) is 0 Å². The number of nitrogens with two attached hydrogens (primary N) is 1. The summed E-state index contributed by atoms with van der Waals surface area (Å²) >= 11 is 0. The zero-order valence-electron chi connectivity index (χ0n) is 11.4. The smallest absolute Gasteiger partial charge is 0.226 e. The first-order valence-corrected chi connectivity index (χ1v) is 6.37. The normalized spacial score (nSPS) is 14.7. The zero-order chi connectivity index (χ0) is 13.4. The van der Waals surface area contributed by atoms with Crippen molar-refractivity contribution in [2.75, 3.05) is 26.4 Å². The lowest BCUT2D eigenvalue weighted by atomic mass is 10.1. The molecule has 1 aromatic rings. The highest BCUT2D eigenvalue weighted by molar-refractivity contribution is 5.01. The van der Waals surface area contributed by atoms with Crippen LogP contribution in [0, 0.1) is 0 Å². The molecule has 1 heterocycles. The third-order valence-electron chi connectivity index (χ3n) is 2.47. The Labute approximate surface area is 108 Å². The molecule has 0 aliphatic rings. The molecule has 0 bridgehead atoms. The molecular weight excluding hydrogens is 234 g/mol. The van der Waals surface area contributed by atoms with Crippen LogP contribution in [0.2, 0.25) is 0 Å². The van der Waals surface area contributed by atoms with Crippen LogP contribution in [-0.2, 0) is 21.4 Å². The van der Waals surface area contributed by atoms with E-state index in [4.69, 9.17) is 19.7 Å². The Hall–Kier alpha value is -0.980. The van der Waals surface area contributed by atoms with Gasteiger partial charge in [-0.25, -0.2) is 0 Å². The highest BCUT2D eigenvalue weighted by Crippen LogP contribution is 2.15. The second-order valence-electron chi connectivity index (χ2n) is 4.37. The Morgan fingerprint density at radius 2 is 2.00 bits per heavy atom. The molecule has 0 saturated heterocycles. The van der Waals surface area contributed by atoms with E-state index in [1.165, 1.54) is 0 Å². The second kappa shape index (κ2) is 7.45. The first kappa shape index (κ1) is 15.1. The van der Waals surface area contributed by atoms with E-state index in [1.807, 2.05) is 20.8 Å². The monoisotopic (exact) mass is 257 g/mol. The molecule has 1 aromatic heterocycles. The number of hydrogen-bond acceptors (Lipinski definition) is 6. The van der Waals surface area contributed by atoms with E-state index in [0.29, 0.717) is 38.0 Å². The molecule has 0 spiro atoms. The Kier molecular flexibility index (Phi) is 6.24. The van der Waals surface area contributed by atoms with Crippen LogP contribution in [0.1, 0.15) is 38.9 Å². The molecule has 104 valence electrons. The molecule has 1 atom stereocenters. The maximum atomic E-state index is 6.08. The zero-order valence-corrected chi connectivity index (χ0v) is 11.4. The predicted octanol–water partition coefficient (Wildman–Crippen LogP) is 1.25. The van der Waals surface area contributed by atoms with Crippen molar-refractivity contribution in [2.45, 2.75) is 39.2 Å². The van der Waals surface area contributed by atoms with Gasteiger partial charge >= 0.3 is 0 Å². The number of ether oxygens (including phenoxy) is 2. The van der Waals surface area contributed by atoms with Crippen molar-refractivity contribution in [3.8, 4) is 0 Å². The summed E-state index contributed by atoms with van der Waals surface area (Å²) in [7, 11) is 0. The van der Waals surface area contributed by atoms with E-state index in [-0.39, 0.29) is 0 Å². The van der Waals surface area contributed by atoms with E-state index in [2.05, 4.69) is 10.1 Å². The molecule has 0 radical (unpaired) electrons. The third-order valence-corrected chi connectivity index (χ3v) is 2.47. The largest absolute Gasteiger partial charge is 0.382 e. The number of nitrogens with zero attached hydrogens (tertiary/aromatic N) is 2. The topological polar surface area (TPSA) is 83.4 Å². The summed E-state index contributed by atoms with van der Waals surface area (Å²) in [5.41, 5.74) is 5.37. The van der Waals surface area contributed by atoms with Crippen LogP contribution >= 0.6 is 0 Å². The Morgan fingerprint density at radius 3 is 2.67 bits per heavy atom. The third kappa shape index (κ3) is 4.72. The molecule has 0 saturated carbocycles. The van der Waals surface area contributed by atoms with Crippen LogP contribution < -0.4 is 5.73 Å². The van der Waals surface area contributed by atoms with Crippen molar-refractivity contribution in [1.82, 2.24) is 10.1 Å². The lowest BCUT2D eigenvalue weighted by molar-refractivity contribution is 0.0962. The van der Waals surface area contributed by atoms with Crippen LogP contribution in [-0.4, -0.2) is 36.6 Å². The average Bonchev–Trinajstić information content (AvgIpc) is 2.82. The van der Waals surface area contributed by atoms with Gasteiger partial charge in [0.05, 0.1) is 6.61 Å². The summed E-state index contributed by atoms with van der Waals surface area (Å²) in [5.74, 6) is 1.08. The first-order valence-electron chi connectivity index (χ1n) is 6.37. The molecule has 1 unspecified atom stereocenters. The van der Waals surface area contributed by atoms with Gasteiger partial charge in [0.2, 0.25) is 5.89 Å². The van der Waals surface area contributed by atoms with E-state index in [0.717, 1.165) is 13.0 Å². The molecule has 6 heteroatoms. The fourth-order valence-electron chi connectivity index (χ4n) is 1.44. The van der Waals surface area contributed by atoms with Gasteiger partial charge in [-0.1, -0.05) is 5.16 Å². The lowest BCUT2D eigenvalue weighted by Gasteiger charge is -2.19. The molecule has 1 rings (SSSR count). The molecule has 0 fully saturated rings. The highest BCUT2D eigenvalue weighted by atomic mass is 16.5. The van der Waals surface area contributed by atoms with Gasteiger partial charge in [-0.05, 0) is 27.2 Å². The lowest BCUT2D eigenvalue weighted by Crippen LogP contribution is -2.39. The van der Waals surface area contributed by atoms with Gasteiger partial charge < -0.3 is 19.7 Å². The molecule has 0 amide bonds. The van der Waals surface area contributed by atoms with Gasteiger partial charge in [-0.2, -0.15) is 4.98 Å². The molecule has 6 nitrogen and oxygen atoms in total. The maximum absolute atomic E-state index is 6.08. The van der Waals surface area contributed by atoms with Crippen LogP contribution in [0.4, 0.5) is 0 Å². The molecular formula is C12H23N3O3. The summed E-state index contributed by atoms with van der Waals surface area (Å²) in [6.45, 7) is 8.14. The summed E-state index contributed by atoms with van der Waals surface area (Å²) in [6.07, 6.45) is 1.57. The van der Waals surface area contributed by atoms with Crippen molar-refractivity contribution in [3.05, 3.63) is 11.7 Å². The summed E-state index contributed by atoms with van der Waals surface area (Å²) < 4.78 is 15.7. The van der Waals surface area contributed by atoms with Crippen molar-refractivity contribution in [1.29, 1.82) is 0 Å². The summed E-state index contributed by atoms with van der Waals surface area (Å²) in [4.78, 5) is 4.29. The average molecular weight is 257 g/mol. The highest BCUT2D eigenvalue weighted by Gasteiger charge is 2.27. The predicted molar refractivity (Wildman–Crippen MR) is 67.1 cm³/mol. The fourth-order valence-corrected chi connectivity index (χ4v) is 1.44. The Bertz CT molecular complexity index is 339. The number of aryl methyl sites for hydroxylation is 1. The van der Waals surface area contributed by atoms with E-state index in [9.17, 15) is 0 Å². The van der Waals surface area contributed by atoms with E-state index >= 15 is 0 Å². The van der Waals surface area contributed by atoms with Gasteiger partial charge in [-0.3, -0.25) is 0 Å². The van der Waals surface area contributed by atoms with Gasteiger partial charge in [0.1, 0.15) is 5.54 Å². The van der Waals surface area contributed by atoms with Gasteiger partial charge in [0, 0.05) is 26.2 Å². The van der Waals surface area contributed by atoms with Crippen molar-refractivity contribution in [2.24, 2.45) is 5.73 Å². The fraction of sp³-hybridized carbons (Fsp3) is 0.833. The molecule has 0 aliphatic carbocycles. The Balaban J connectivity index is 2.46. The van der Waals surface area contributed by atoms with Gasteiger partial charge in [0.25, 0.3) is 0 Å². The van der Waals surface area contributed by atoms with Gasteiger partial charge in [-0.15, -0.1) is 0 Å². The van der Waals surface area contributed by atoms with Gasteiger partial charge in [0.15, 0.2) is 5.82 Å². The minimum absolute atomic E-state index is 0.376. The van der Waals surface area contributed by atoms with E-state index in [1.54, 1.807) is 0 Å². The van der Waals surface area contributed by atoms with Crippen molar-refractivity contribution >= 4 is 0 Å². The SMILES string of the molecule is CCOCCCc1nc(C(C)(N)COCC)no1. The van der Waals surface area contributed by atoms with Crippen LogP contribution in [0.3, 0.4) is 0 Å². The molecule has 18 heavy (non-hydrogen) atoms. The number of rotatable bonds is 9. The van der Waals surface area contributed by atoms with Crippen LogP contribution in [0.25, 0.3) is 0 Å². The Morgan fingerprint density at radius 1 is 1.28 bits per heavy atom.